The van der Waals surface area contributed by atoms with E-state index in [4.69, 9.17) is 0 Å². The number of anilines is 1. The van der Waals surface area contributed by atoms with Gasteiger partial charge in [0.05, 0.1) is 17.2 Å². The molecule has 0 atom stereocenters. The van der Waals surface area contributed by atoms with E-state index in [1.165, 1.54) is 6.07 Å². The van der Waals surface area contributed by atoms with E-state index in [1.807, 2.05) is 24.4 Å². The molecule has 1 aromatic carbocycles. The summed E-state index contributed by atoms with van der Waals surface area (Å²) >= 11 is 2.68. The van der Waals surface area contributed by atoms with Crippen molar-refractivity contribution >= 4 is 44.3 Å². The van der Waals surface area contributed by atoms with Crippen LogP contribution in [0.1, 0.15) is 5.01 Å². The number of nitrogens with zero attached hydrogens (tertiary/aromatic N) is 1. The third-order valence-electron chi connectivity index (χ3n) is 3.27. The van der Waals surface area contributed by atoms with Crippen molar-refractivity contribution in [1.82, 2.24) is 9.71 Å². The van der Waals surface area contributed by atoms with Gasteiger partial charge in [-0.25, -0.2) is 18.1 Å². The topological polar surface area (TPSA) is 88.2 Å². The highest BCUT2D eigenvalue weighted by Gasteiger charge is 2.16. The van der Waals surface area contributed by atoms with Crippen molar-refractivity contribution in [2.75, 3.05) is 11.9 Å². The van der Waals surface area contributed by atoms with Crippen LogP contribution in [0.25, 0.3) is 11.3 Å². The second kappa shape index (κ2) is 7.44. The van der Waals surface area contributed by atoms with Crippen LogP contribution >= 0.6 is 22.7 Å². The summed E-state index contributed by atoms with van der Waals surface area (Å²) in [6.07, 6.45) is 0. The average Bonchev–Trinajstić information content (AvgIpc) is 3.26. The maximum Gasteiger partial charge on any atom is 0.250 e. The Kier molecular flexibility index (Phi) is 5.28. The zero-order chi connectivity index (χ0) is 17.9. The second-order valence-electron chi connectivity index (χ2n) is 5.13. The molecular weight excluding hydrogens is 378 g/mol. The first kappa shape index (κ1) is 17.7. The Morgan fingerprint density at radius 2 is 1.92 bits per heavy atom. The zero-order valence-electron chi connectivity index (χ0n) is 13.2. The molecule has 25 heavy (non-hydrogen) atoms. The highest BCUT2D eigenvalue weighted by molar-refractivity contribution is 7.91. The van der Waals surface area contributed by atoms with Gasteiger partial charge >= 0.3 is 0 Å². The van der Waals surface area contributed by atoms with Crippen LogP contribution in [0, 0.1) is 6.92 Å². The van der Waals surface area contributed by atoms with E-state index in [1.54, 1.807) is 34.9 Å². The summed E-state index contributed by atoms with van der Waals surface area (Å²) in [5, 5.41) is 7.30. The molecular formula is C16H15N3O3S3. The van der Waals surface area contributed by atoms with Gasteiger partial charge in [-0.1, -0.05) is 18.2 Å². The van der Waals surface area contributed by atoms with Gasteiger partial charge in [0.25, 0.3) is 10.0 Å². The summed E-state index contributed by atoms with van der Waals surface area (Å²) in [5.74, 6) is -0.433. The Morgan fingerprint density at radius 1 is 1.16 bits per heavy atom. The molecule has 0 saturated carbocycles. The molecule has 3 aromatic rings. The largest absolute Gasteiger partial charge is 0.325 e. The second-order valence-corrected chi connectivity index (χ2v) is 9.14. The lowest BCUT2D eigenvalue weighted by Gasteiger charge is -2.07. The van der Waals surface area contributed by atoms with Crippen LogP contribution in [0.3, 0.4) is 0 Å². The van der Waals surface area contributed by atoms with Crippen LogP contribution in [0.5, 0.6) is 0 Å². The molecule has 6 nitrogen and oxygen atoms in total. The van der Waals surface area contributed by atoms with Crippen molar-refractivity contribution < 1.29 is 13.2 Å². The van der Waals surface area contributed by atoms with E-state index in [-0.39, 0.29) is 10.8 Å². The molecule has 2 aromatic heterocycles. The average molecular weight is 394 g/mol. The first-order valence-corrected chi connectivity index (χ1v) is 10.5. The fourth-order valence-electron chi connectivity index (χ4n) is 2.07. The van der Waals surface area contributed by atoms with Gasteiger partial charge in [-0.3, -0.25) is 4.79 Å². The van der Waals surface area contributed by atoms with E-state index in [9.17, 15) is 13.2 Å². The van der Waals surface area contributed by atoms with Crippen molar-refractivity contribution in [3.63, 3.8) is 0 Å². The first-order valence-electron chi connectivity index (χ1n) is 7.30. The molecule has 3 rings (SSSR count). The minimum Gasteiger partial charge on any atom is -0.325 e. The number of nitrogens with one attached hydrogen (secondary N) is 2. The molecule has 0 aliphatic carbocycles. The maximum atomic E-state index is 12.0. The number of rotatable bonds is 6. The molecule has 0 unspecified atom stereocenters. The number of thiazole rings is 1. The van der Waals surface area contributed by atoms with Gasteiger partial charge in [-0.15, -0.1) is 22.7 Å². The number of aryl methyl sites for hydroxylation is 1. The summed E-state index contributed by atoms with van der Waals surface area (Å²) in [6, 6.07) is 10.4. The van der Waals surface area contributed by atoms with E-state index in [2.05, 4.69) is 15.0 Å². The maximum absolute atomic E-state index is 12.0. The molecule has 0 aliphatic rings. The monoisotopic (exact) mass is 393 g/mol. The van der Waals surface area contributed by atoms with E-state index < -0.39 is 15.9 Å². The minimum absolute atomic E-state index is 0.184. The van der Waals surface area contributed by atoms with Crippen molar-refractivity contribution in [1.29, 1.82) is 0 Å². The van der Waals surface area contributed by atoms with Gasteiger partial charge in [-0.2, -0.15) is 0 Å². The lowest BCUT2D eigenvalue weighted by atomic mass is 10.1. The summed E-state index contributed by atoms with van der Waals surface area (Å²) in [5.41, 5.74) is 2.45. The minimum atomic E-state index is -3.64. The summed E-state index contributed by atoms with van der Waals surface area (Å²) < 4.78 is 26.4. The van der Waals surface area contributed by atoms with Gasteiger partial charge in [0, 0.05) is 16.6 Å². The van der Waals surface area contributed by atoms with Gasteiger partial charge < -0.3 is 5.32 Å². The first-order chi connectivity index (χ1) is 11.9. The van der Waals surface area contributed by atoms with E-state index in [0.717, 1.165) is 27.6 Å². The SMILES string of the molecule is Cc1nc(-c2ccc(NC(=O)CNS(=O)(=O)c3cccs3)cc2)cs1. The van der Waals surface area contributed by atoms with Crippen molar-refractivity contribution in [3.05, 3.63) is 52.2 Å². The third-order valence-corrected chi connectivity index (χ3v) is 6.84. The Labute approximate surface area is 153 Å². The molecule has 1 amide bonds. The Bertz CT molecular complexity index is 962. The summed E-state index contributed by atoms with van der Waals surface area (Å²) in [7, 11) is -3.64. The van der Waals surface area contributed by atoms with Crippen molar-refractivity contribution in [2.45, 2.75) is 11.1 Å². The molecule has 0 saturated heterocycles. The van der Waals surface area contributed by atoms with E-state index in [0.29, 0.717) is 5.69 Å². The standard InChI is InChI=1S/C16H15N3O3S3/c1-11-18-14(10-24-11)12-4-6-13(7-5-12)19-15(20)9-17-25(21,22)16-3-2-8-23-16/h2-8,10,17H,9H2,1H3,(H,19,20). The predicted molar refractivity (Wildman–Crippen MR) is 100 cm³/mol. The molecule has 0 fully saturated rings. The fourth-order valence-corrected chi connectivity index (χ4v) is 4.72. The number of hydrogen-bond donors (Lipinski definition) is 2. The molecule has 0 bridgehead atoms. The normalized spacial score (nSPS) is 11.4. The quantitative estimate of drug-likeness (QED) is 0.674. The van der Waals surface area contributed by atoms with Gasteiger partial charge in [0.1, 0.15) is 4.21 Å². The number of sulfonamides is 1. The fraction of sp³-hybridized carbons (Fsp3) is 0.125. The van der Waals surface area contributed by atoms with Crippen LogP contribution in [0.2, 0.25) is 0 Å². The van der Waals surface area contributed by atoms with Crippen molar-refractivity contribution in [2.24, 2.45) is 0 Å². The van der Waals surface area contributed by atoms with Crippen LogP contribution in [-0.2, 0) is 14.8 Å². The predicted octanol–water partition coefficient (Wildman–Crippen LogP) is 3.10. The molecule has 130 valence electrons. The highest BCUT2D eigenvalue weighted by Crippen LogP contribution is 2.23. The molecule has 0 radical (unpaired) electrons. The van der Waals surface area contributed by atoms with Crippen LogP contribution in [0.15, 0.2) is 51.4 Å². The number of hydrogen-bond acceptors (Lipinski definition) is 6. The number of carbonyl (C=O) groups excluding carboxylic acids is 1. The Morgan fingerprint density at radius 3 is 2.52 bits per heavy atom. The van der Waals surface area contributed by atoms with Crippen LogP contribution in [-0.4, -0.2) is 25.9 Å². The molecule has 2 N–H and O–H groups in total. The highest BCUT2D eigenvalue weighted by atomic mass is 32.2. The third kappa shape index (κ3) is 4.51. The Hall–Kier alpha value is -2.07. The lowest BCUT2D eigenvalue weighted by molar-refractivity contribution is -0.115. The van der Waals surface area contributed by atoms with Crippen LogP contribution < -0.4 is 10.0 Å². The Balaban J connectivity index is 1.58. The summed E-state index contributed by atoms with van der Waals surface area (Å²) in [4.78, 5) is 16.3. The molecule has 0 spiro atoms. The molecule has 9 heteroatoms. The smallest absolute Gasteiger partial charge is 0.250 e. The zero-order valence-corrected chi connectivity index (χ0v) is 15.7. The van der Waals surface area contributed by atoms with Gasteiger partial charge in [0.15, 0.2) is 0 Å². The number of amides is 1. The number of thiophene rings is 1. The molecule has 2 heterocycles. The number of aromatic nitrogens is 1. The van der Waals surface area contributed by atoms with Gasteiger partial charge in [0.2, 0.25) is 5.91 Å². The number of carbonyl (C=O) groups is 1. The van der Waals surface area contributed by atoms with Crippen molar-refractivity contribution in [3.8, 4) is 11.3 Å². The van der Waals surface area contributed by atoms with Crippen LogP contribution in [0.4, 0.5) is 5.69 Å². The van der Waals surface area contributed by atoms with Gasteiger partial charge in [-0.05, 0) is 30.5 Å². The summed E-state index contributed by atoms with van der Waals surface area (Å²) in [6.45, 7) is 1.62. The molecule has 0 aliphatic heterocycles. The lowest BCUT2D eigenvalue weighted by Crippen LogP contribution is -2.32. The van der Waals surface area contributed by atoms with E-state index >= 15 is 0 Å². The number of benzene rings is 1.